The SMILES string of the molecule is CC1(C)C(C=NN)=[N+]([O-])C(C)(C)N1O. The van der Waals surface area contributed by atoms with Crippen LogP contribution in [0.25, 0.3) is 0 Å². The highest BCUT2D eigenvalue weighted by Gasteiger charge is 2.56. The van der Waals surface area contributed by atoms with Crippen LogP contribution < -0.4 is 5.84 Å². The second-order valence-corrected chi connectivity index (χ2v) is 4.32. The summed E-state index contributed by atoms with van der Waals surface area (Å²) in [5.41, 5.74) is -1.44. The van der Waals surface area contributed by atoms with Gasteiger partial charge in [0, 0.05) is 13.8 Å². The Kier molecular flexibility index (Phi) is 2.29. The Morgan fingerprint density at radius 1 is 1.50 bits per heavy atom. The first-order valence-electron chi connectivity index (χ1n) is 4.33. The Bertz CT molecular complexity index is 306. The summed E-state index contributed by atoms with van der Waals surface area (Å²) in [5.74, 6) is 5.01. The highest BCUT2D eigenvalue weighted by atomic mass is 16.6. The summed E-state index contributed by atoms with van der Waals surface area (Å²) in [6.45, 7) is 6.70. The number of hydrazone groups is 1. The van der Waals surface area contributed by atoms with Crippen molar-refractivity contribution in [1.29, 1.82) is 0 Å². The van der Waals surface area contributed by atoms with Gasteiger partial charge in [0.05, 0.1) is 0 Å². The van der Waals surface area contributed by atoms with Gasteiger partial charge in [-0.2, -0.15) is 9.84 Å². The first kappa shape index (κ1) is 10.9. The Morgan fingerprint density at radius 2 is 2.00 bits per heavy atom. The molecule has 1 heterocycles. The van der Waals surface area contributed by atoms with Crippen LogP contribution in [0.2, 0.25) is 0 Å². The van der Waals surface area contributed by atoms with Crippen molar-refractivity contribution in [3.63, 3.8) is 0 Å². The highest BCUT2D eigenvalue weighted by molar-refractivity contribution is 6.32. The Morgan fingerprint density at radius 3 is 2.29 bits per heavy atom. The van der Waals surface area contributed by atoms with Crippen LogP contribution in [-0.4, -0.2) is 38.1 Å². The summed E-state index contributed by atoms with van der Waals surface area (Å²) in [4.78, 5) is 0. The monoisotopic (exact) mass is 200 g/mol. The van der Waals surface area contributed by atoms with Crippen molar-refractivity contribution in [2.45, 2.75) is 38.9 Å². The van der Waals surface area contributed by atoms with E-state index in [2.05, 4.69) is 5.10 Å². The van der Waals surface area contributed by atoms with Crippen LogP contribution >= 0.6 is 0 Å². The van der Waals surface area contributed by atoms with Gasteiger partial charge in [0.2, 0.25) is 11.4 Å². The number of hydrogen-bond donors (Lipinski definition) is 2. The van der Waals surface area contributed by atoms with E-state index in [-0.39, 0.29) is 0 Å². The summed E-state index contributed by atoms with van der Waals surface area (Å²) >= 11 is 0. The van der Waals surface area contributed by atoms with Gasteiger partial charge in [0.15, 0.2) is 0 Å². The molecule has 0 aromatic heterocycles. The topological polar surface area (TPSA) is 87.9 Å². The molecule has 80 valence electrons. The molecule has 0 bridgehead atoms. The van der Waals surface area contributed by atoms with E-state index in [1.165, 1.54) is 6.21 Å². The normalized spacial score (nSPS) is 26.4. The lowest BCUT2D eigenvalue weighted by molar-refractivity contribution is -0.579. The summed E-state index contributed by atoms with van der Waals surface area (Å²) in [6, 6.07) is 0. The quantitative estimate of drug-likeness (QED) is 0.206. The minimum atomic E-state index is -1.000. The van der Waals surface area contributed by atoms with Gasteiger partial charge >= 0.3 is 0 Å². The molecule has 0 atom stereocenters. The van der Waals surface area contributed by atoms with E-state index >= 15 is 0 Å². The lowest BCUT2D eigenvalue weighted by Gasteiger charge is -2.29. The maximum absolute atomic E-state index is 11.8. The van der Waals surface area contributed by atoms with Gasteiger partial charge in [-0.25, -0.2) is 0 Å². The molecule has 0 aromatic carbocycles. The molecule has 0 aromatic rings. The third-order valence-electron chi connectivity index (χ3n) is 2.59. The van der Waals surface area contributed by atoms with Crippen molar-refractivity contribution in [3.05, 3.63) is 5.21 Å². The Labute approximate surface area is 82.9 Å². The molecule has 3 N–H and O–H groups in total. The molecule has 0 aliphatic carbocycles. The second kappa shape index (κ2) is 2.93. The van der Waals surface area contributed by atoms with Crippen LogP contribution in [0.1, 0.15) is 27.7 Å². The molecular weight excluding hydrogens is 184 g/mol. The fourth-order valence-corrected chi connectivity index (χ4v) is 1.70. The summed E-state index contributed by atoms with van der Waals surface area (Å²) in [7, 11) is 0. The largest absolute Gasteiger partial charge is 0.622 e. The van der Waals surface area contributed by atoms with Crippen molar-refractivity contribution in [2.24, 2.45) is 10.9 Å². The molecule has 0 amide bonds. The molecule has 1 aliphatic heterocycles. The fraction of sp³-hybridized carbons (Fsp3) is 0.750. The lowest BCUT2D eigenvalue weighted by atomic mass is 9.99. The van der Waals surface area contributed by atoms with Crippen molar-refractivity contribution in [1.82, 2.24) is 5.06 Å². The zero-order valence-electron chi connectivity index (χ0n) is 8.85. The molecule has 1 aliphatic rings. The van der Waals surface area contributed by atoms with Crippen molar-refractivity contribution in [2.75, 3.05) is 0 Å². The number of rotatable bonds is 1. The minimum Gasteiger partial charge on any atom is -0.622 e. The van der Waals surface area contributed by atoms with E-state index < -0.39 is 11.2 Å². The average molecular weight is 200 g/mol. The van der Waals surface area contributed by atoms with Crippen LogP contribution in [0.4, 0.5) is 0 Å². The Hall–Kier alpha value is -1.14. The van der Waals surface area contributed by atoms with Crippen LogP contribution in [-0.2, 0) is 0 Å². The van der Waals surface area contributed by atoms with E-state index in [0.29, 0.717) is 10.5 Å². The number of hydrogen-bond acceptors (Lipinski definition) is 5. The summed E-state index contributed by atoms with van der Waals surface area (Å²) < 4.78 is 0.712. The maximum Gasteiger partial charge on any atom is 0.245 e. The second-order valence-electron chi connectivity index (χ2n) is 4.32. The molecule has 0 saturated carbocycles. The zero-order chi connectivity index (χ0) is 11.1. The predicted molar refractivity (Wildman–Crippen MR) is 53.1 cm³/mol. The van der Waals surface area contributed by atoms with Gasteiger partial charge in [-0.1, -0.05) is 0 Å². The molecular formula is C8H16N4O2. The van der Waals surface area contributed by atoms with Gasteiger partial charge in [0.1, 0.15) is 11.8 Å². The van der Waals surface area contributed by atoms with Crippen LogP contribution in [0.15, 0.2) is 5.10 Å². The average Bonchev–Trinajstić information content (AvgIpc) is 2.19. The van der Waals surface area contributed by atoms with E-state index in [1.54, 1.807) is 27.7 Å². The highest BCUT2D eigenvalue weighted by Crippen LogP contribution is 2.31. The molecule has 0 fully saturated rings. The first-order chi connectivity index (χ1) is 6.26. The van der Waals surface area contributed by atoms with E-state index in [0.717, 1.165) is 5.06 Å². The molecule has 0 spiro atoms. The van der Waals surface area contributed by atoms with E-state index in [1.807, 2.05) is 0 Å². The molecule has 6 heteroatoms. The van der Waals surface area contributed by atoms with Gasteiger partial charge in [-0.15, -0.1) is 5.06 Å². The molecule has 0 unspecified atom stereocenters. The van der Waals surface area contributed by atoms with E-state index in [9.17, 15) is 10.4 Å². The van der Waals surface area contributed by atoms with Gasteiger partial charge in [-0.05, 0) is 13.8 Å². The van der Waals surface area contributed by atoms with Crippen molar-refractivity contribution < 1.29 is 9.95 Å². The van der Waals surface area contributed by atoms with Gasteiger partial charge in [-0.3, -0.25) is 0 Å². The minimum absolute atomic E-state index is 0.340. The number of nitrogens with two attached hydrogens (primary N) is 1. The van der Waals surface area contributed by atoms with Crippen molar-refractivity contribution in [3.8, 4) is 0 Å². The molecule has 1 rings (SSSR count). The number of nitrogens with zero attached hydrogens (tertiary/aromatic N) is 3. The predicted octanol–water partition coefficient (Wildman–Crippen LogP) is 0.102. The molecule has 0 radical (unpaired) electrons. The number of hydroxylamine groups is 3. The maximum atomic E-state index is 11.8. The molecule has 0 saturated heterocycles. The van der Waals surface area contributed by atoms with Crippen LogP contribution in [0.3, 0.4) is 0 Å². The van der Waals surface area contributed by atoms with Gasteiger partial charge in [0.25, 0.3) is 0 Å². The van der Waals surface area contributed by atoms with Gasteiger partial charge < -0.3 is 16.3 Å². The van der Waals surface area contributed by atoms with Crippen LogP contribution in [0.5, 0.6) is 0 Å². The molecule has 14 heavy (non-hydrogen) atoms. The van der Waals surface area contributed by atoms with Crippen molar-refractivity contribution >= 4 is 11.9 Å². The summed E-state index contributed by atoms with van der Waals surface area (Å²) in [6.07, 6.45) is 1.27. The first-order valence-corrected chi connectivity index (χ1v) is 4.33. The summed E-state index contributed by atoms with van der Waals surface area (Å²) in [5, 5.41) is 25.9. The van der Waals surface area contributed by atoms with E-state index in [4.69, 9.17) is 5.84 Å². The molecule has 6 nitrogen and oxygen atoms in total. The smallest absolute Gasteiger partial charge is 0.245 e. The lowest BCUT2D eigenvalue weighted by Crippen LogP contribution is -2.51. The third kappa shape index (κ3) is 1.18. The standard InChI is InChI=1S/C8H16N4O2/c1-7(2)6(5-10-9)11(13)8(3,4)12(7)14/h5,14H,9H2,1-4H3. The zero-order valence-corrected chi connectivity index (χ0v) is 8.85. The van der Waals surface area contributed by atoms with Crippen LogP contribution in [0, 0.1) is 5.21 Å². The third-order valence-corrected chi connectivity index (χ3v) is 2.59. The fourth-order valence-electron chi connectivity index (χ4n) is 1.70. The Balaban J connectivity index is 3.30.